The largest absolute Gasteiger partial charge is 0.351 e. The van der Waals surface area contributed by atoms with Crippen LogP contribution in [0.4, 0.5) is 10.5 Å². The van der Waals surface area contributed by atoms with Crippen molar-refractivity contribution in [3.05, 3.63) is 42.0 Å². The number of primary amides is 1. The molecule has 21 heavy (non-hydrogen) atoms. The van der Waals surface area contributed by atoms with Crippen molar-refractivity contribution in [2.75, 3.05) is 11.4 Å². The summed E-state index contributed by atoms with van der Waals surface area (Å²) in [7, 11) is 0. The van der Waals surface area contributed by atoms with Gasteiger partial charge in [0.15, 0.2) is 0 Å². The Balaban J connectivity index is 1.86. The molecule has 0 fully saturated rings. The van der Waals surface area contributed by atoms with E-state index in [2.05, 4.69) is 0 Å². The maximum Gasteiger partial charge on any atom is 0.318 e. The highest BCUT2D eigenvalue weighted by molar-refractivity contribution is 6.25. The summed E-state index contributed by atoms with van der Waals surface area (Å²) in [4.78, 5) is 36.1. The summed E-state index contributed by atoms with van der Waals surface area (Å²) in [5.41, 5.74) is 6.31. The van der Waals surface area contributed by atoms with Crippen molar-refractivity contribution in [2.45, 2.75) is 6.42 Å². The first-order valence-electron chi connectivity index (χ1n) is 6.51. The second kappa shape index (κ2) is 4.90. The van der Waals surface area contributed by atoms with Crippen molar-refractivity contribution < 1.29 is 14.4 Å². The van der Waals surface area contributed by atoms with Crippen LogP contribution in [0.15, 0.2) is 36.4 Å². The van der Waals surface area contributed by atoms with Crippen molar-refractivity contribution in [1.29, 1.82) is 0 Å². The van der Waals surface area contributed by atoms with Gasteiger partial charge in [0.2, 0.25) is 5.91 Å². The van der Waals surface area contributed by atoms with E-state index in [1.807, 2.05) is 35.6 Å². The first-order chi connectivity index (χ1) is 10.1. The number of amides is 4. The number of carbonyl (C=O) groups is 3. The standard InChI is InChI=1S/C15H13N3O3/c16-15(21)17-12(19)7-8-18-11-6-2-4-9-3-1-5-10(13(9)11)14(18)20/h1-6H,7-8H2,(H3,16,17,19,21). The maximum atomic E-state index is 12.4. The molecule has 2 aromatic rings. The average Bonchev–Trinajstić information content (AvgIpc) is 2.72. The number of anilines is 1. The normalized spacial score (nSPS) is 12.8. The molecular weight excluding hydrogens is 270 g/mol. The first kappa shape index (κ1) is 13.1. The van der Waals surface area contributed by atoms with Gasteiger partial charge in [0.05, 0.1) is 5.69 Å². The van der Waals surface area contributed by atoms with Gasteiger partial charge in [-0.15, -0.1) is 0 Å². The summed E-state index contributed by atoms with van der Waals surface area (Å²) >= 11 is 0. The number of imide groups is 1. The van der Waals surface area contributed by atoms with Crippen LogP contribution in [0, 0.1) is 0 Å². The third-order valence-corrected chi connectivity index (χ3v) is 3.47. The lowest BCUT2D eigenvalue weighted by molar-refractivity contribution is -0.119. The van der Waals surface area contributed by atoms with Crippen LogP contribution in [0.1, 0.15) is 16.8 Å². The second-order valence-electron chi connectivity index (χ2n) is 4.80. The molecule has 6 heteroatoms. The number of hydrogen-bond donors (Lipinski definition) is 2. The molecule has 4 amide bonds. The quantitative estimate of drug-likeness (QED) is 0.891. The van der Waals surface area contributed by atoms with E-state index in [9.17, 15) is 14.4 Å². The number of rotatable bonds is 3. The van der Waals surface area contributed by atoms with Crippen LogP contribution in [-0.2, 0) is 4.79 Å². The fourth-order valence-electron chi connectivity index (χ4n) is 2.61. The minimum atomic E-state index is -0.891. The van der Waals surface area contributed by atoms with Gasteiger partial charge < -0.3 is 10.6 Å². The Morgan fingerprint density at radius 2 is 1.86 bits per heavy atom. The average molecular weight is 283 g/mol. The molecule has 0 aliphatic carbocycles. The molecule has 3 rings (SSSR count). The third kappa shape index (κ3) is 2.20. The lowest BCUT2D eigenvalue weighted by atomic mass is 10.1. The molecule has 2 aromatic carbocycles. The van der Waals surface area contributed by atoms with E-state index < -0.39 is 11.9 Å². The maximum absolute atomic E-state index is 12.4. The van der Waals surface area contributed by atoms with Gasteiger partial charge in [0.25, 0.3) is 5.91 Å². The molecule has 6 nitrogen and oxygen atoms in total. The van der Waals surface area contributed by atoms with Gasteiger partial charge >= 0.3 is 6.03 Å². The Bertz CT molecular complexity index is 765. The zero-order chi connectivity index (χ0) is 15.0. The molecule has 1 heterocycles. The molecule has 0 unspecified atom stereocenters. The summed E-state index contributed by atoms with van der Waals surface area (Å²) in [6, 6.07) is 10.3. The third-order valence-electron chi connectivity index (χ3n) is 3.47. The van der Waals surface area contributed by atoms with E-state index in [0.29, 0.717) is 5.56 Å². The van der Waals surface area contributed by atoms with Gasteiger partial charge in [-0.2, -0.15) is 0 Å². The van der Waals surface area contributed by atoms with E-state index in [0.717, 1.165) is 16.5 Å². The number of nitrogens with zero attached hydrogens (tertiary/aromatic N) is 1. The second-order valence-corrected chi connectivity index (χ2v) is 4.80. The van der Waals surface area contributed by atoms with Gasteiger partial charge in [-0.1, -0.05) is 24.3 Å². The lowest BCUT2D eigenvalue weighted by Crippen LogP contribution is -2.38. The molecule has 0 atom stereocenters. The molecule has 0 saturated heterocycles. The number of hydrogen-bond acceptors (Lipinski definition) is 3. The van der Waals surface area contributed by atoms with E-state index >= 15 is 0 Å². The lowest BCUT2D eigenvalue weighted by Gasteiger charge is -2.17. The molecule has 106 valence electrons. The van der Waals surface area contributed by atoms with Crippen LogP contribution >= 0.6 is 0 Å². The van der Waals surface area contributed by atoms with E-state index in [1.165, 1.54) is 0 Å². The number of benzene rings is 2. The molecule has 1 aliphatic rings. The topological polar surface area (TPSA) is 92.5 Å². The van der Waals surface area contributed by atoms with Gasteiger partial charge in [-0.25, -0.2) is 4.79 Å². The monoisotopic (exact) mass is 283 g/mol. The Hall–Kier alpha value is -2.89. The molecule has 0 radical (unpaired) electrons. The molecule has 1 aliphatic heterocycles. The van der Waals surface area contributed by atoms with Crippen molar-refractivity contribution in [3.8, 4) is 0 Å². The summed E-state index contributed by atoms with van der Waals surface area (Å²) in [6.45, 7) is 0.200. The first-order valence-corrected chi connectivity index (χ1v) is 6.51. The number of nitrogens with two attached hydrogens (primary N) is 1. The zero-order valence-electron chi connectivity index (χ0n) is 11.1. The predicted molar refractivity (Wildman–Crippen MR) is 78.0 cm³/mol. The van der Waals surface area contributed by atoms with E-state index in [4.69, 9.17) is 5.73 Å². The van der Waals surface area contributed by atoms with Crippen molar-refractivity contribution in [3.63, 3.8) is 0 Å². The van der Waals surface area contributed by atoms with Crippen molar-refractivity contribution >= 4 is 34.3 Å². The highest BCUT2D eigenvalue weighted by Crippen LogP contribution is 2.36. The van der Waals surface area contributed by atoms with Crippen LogP contribution in [0.25, 0.3) is 10.8 Å². The fraction of sp³-hybridized carbons (Fsp3) is 0.133. The van der Waals surface area contributed by atoms with Crippen LogP contribution in [0.2, 0.25) is 0 Å². The minimum Gasteiger partial charge on any atom is -0.351 e. The van der Waals surface area contributed by atoms with Gasteiger partial charge in [-0.05, 0) is 17.5 Å². The van der Waals surface area contributed by atoms with Crippen molar-refractivity contribution in [2.24, 2.45) is 5.73 Å². The molecule has 0 bridgehead atoms. The Morgan fingerprint density at radius 1 is 1.14 bits per heavy atom. The molecule has 0 aromatic heterocycles. The van der Waals surface area contributed by atoms with E-state index in [1.54, 1.807) is 11.0 Å². The summed E-state index contributed by atoms with van der Waals surface area (Å²) < 4.78 is 0. The molecular formula is C15H13N3O3. The summed E-state index contributed by atoms with van der Waals surface area (Å²) in [6.07, 6.45) is 0.0130. The van der Waals surface area contributed by atoms with Gasteiger partial charge in [0.1, 0.15) is 0 Å². The smallest absolute Gasteiger partial charge is 0.318 e. The molecule has 3 N–H and O–H groups in total. The Labute approximate surface area is 120 Å². The minimum absolute atomic E-state index is 0.0130. The number of nitrogens with one attached hydrogen (secondary N) is 1. The SMILES string of the molecule is NC(=O)NC(=O)CCN1C(=O)c2cccc3cccc1c23. The zero-order valence-corrected chi connectivity index (χ0v) is 11.1. The van der Waals surface area contributed by atoms with Crippen LogP contribution < -0.4 is 16.0 Å². The highest BCUT2D eigenvalue weighted by atomic mass is 16.2. The predicted octanol–water partition coefficient (Wildman–Crippen LogP) is 1.39. The van der Waals surface area contributed by atoms with Crippen molar-refractivity contribution in [1.82, 2.24) is 5.32 Å². The highest BCUT2D eigenvalue weighted by Gasteiger charge is 2.29. The van der Waals surface area contributed by atoms with E-state index in [-0.39, 0.29) is 18.9 Å². The molecule has 0 saturated carbocycles. The van der Waals surface area contributed by atoms with Gasteiger partial charge in [0, 0.05) is 23.9 Å². The summed E-state index contributed by atoms with van der Waals surface area (Å²) in [5, 5.41) is 3.88. The van der Waals surface area contributed by atoms with Crippen LogP contribution in [-0.4, -0.2) is 24.4 Å². The molecule has 0 spiro atoms. The van der Waals surface area contributed by atoms with Crippen LogP contribution in [0.5, 0.6) is 0 Å². The number of carbonyl (C=O) groups excluding carboxylic acids is 3. The van der Waals surface area contributed by atoms with Crippen LogP contribution in [0.3, 0.4) is 0 Å². The Kier molecular flexibility index (Phi) is 3.06. The fourth-order valence-corrected chi connectivity index (χ4v) is 2.61. The Morgan fingerprint density at radius 3 is 2.57 bits per heavy atom. The van der Waals surface area contributed by atoms with Gasteiger partial charge in [-0.3, -0.25) is 14.9 Å². The summed E-state index contributed by atoms with van der Waals surface area (Å²) in [5.74, 6) is -0.632. The number of urea groups is 1.